The molecule has 0 radical (unpaired) electrons. The number of allylic oxidation sites excluding steroid dienone is 1. The number of hydrogen-bond acceptors (Lipinski definition) is 2. The van der Waals surface area contributed by atoms with Crippen molar-refractivity contribution in [2.45, 2.75) is 31.8 Å². The average Bonchev–Trinajstić information content (AvgIpc) is 2.68. The van der Waals surface area contributed by atoms with Crippen molar-refractivity contribution in [2.24, 2.45) is 17.8 Å². The van der Waals surface area contributed by atoms with Crippen LogP contribution in [0.1, 0.15) is 26.2 Å². The molecule has 1 saturated heterocycles. The van der Waals surface area contributed by atoms with Crippen LogP contribution in [-0.2, 0) is 9.53 Å². The Morgan fingerprint density at radius 3 is 2.77 bits per heavy atom. The van der Waals surface area contributed by atoms with Crippen LogP contribution in [0.3, 0.4) is 0 Å². The summed E-state index contributed by atoms with van der Waals surface area (Å²) in [6, 6.07) is 0. The van der Waals surface area contributed by atoms with E-state index >= 15 is 0 Å². The Morgan fingerprint density at radius 2 is 2.31 bits per heavy atom. The summed E-state index contributed by atoms with van der Waals surface area (Å²) in [5, 5.41) is 0. The van der Waals surface area contributed by atoms with E-state index in [4.69, 9.17) is 4.74 Å². The molecule has 1 saturated carbocycles. The number of esters is 1. The summed E-state index contributed by atoms with van der Waals surface area (Å²) in [5.41, 5.74) is -0.0874. The fourth-order valence-corrected chi connectivity index (χ4v) is 3.21. The van der Waals surface area contributed by atoms with Crippen LogP contribution >= 0.6 is 0 Å². The van der Waals surface area contributed by atoms with E-state index in [1.807, 2.05) is 6.92 Å². The molecule has 1 spiro atoms. The summed E-state index contributed by atoms with van der Waals surface area (Å²) in [4.78, 5) is 11.4. The van der Waals surface area contributed by atoms with Crippen molar-refractivity contribution in [1.82, 2.24) is 0 Å². The van der Waals surface area contributed by atoms with Gasteiger partial charge in [0.15, 0.2) is 0 Å². The van der Waals surface area contributed by atoms with E-state index in [2.05, 4.69) is 12.2 Å². The summed E-state index contributed by atoms with van der Waals surface area (Å²) in [7, 11) is 0. The highest BCUT2D eigenvalue weighted by molar-refractivity contribution is 5.75. The number of ether oxygens (including phenoxy) is 1. The van der Waals surface area contributed by atoms with Crippen LogP contribution in [0, 0.1) is 17.8 Å². The standard InChI is InChI=1S/C11H14O2/c1-7-5-11(13-10(7)12)6-8-2-3-9(11)4-8/h2-3,7-9H,4-6H2,1H3. The first kappa shape index (κ1) is 7.60. The van der Waals surface area contributed by atoms with Gasteiger partial charge in [-0.15, -0.1) is 0 Å². The van der Waals surface area contributed by atoms with Gasteiger partial charge in [-0.2, -0.15) is 0 Å². The van der Waals surface area contributed by atoms with Gasteiger partial charge in [-0.25, -0.2) is 0 Å². The Balaban J connectivity index is 1.93. The first-order valence-electron chi connectivity index (χ1n) is 5.11. The molecule has 70 valence electrons. The first-order chi connectivity index (χ1) is 6.20. The average molecular weight is 178 g/mol. The van der Waals surface area contributed by atoms with E-state index < -0.39 is 0 Å². The lowest BCUT2D eigenvalue weighted by molar-refractivity contribution is -0.152. The van der Waals surface area contributed by atoms with E-state index in [0.717, 1.165) is 12.8 Å². The van der Waals surface area contributed by atoms with Crippen molar-refractivity contribution in [1.29, 1.82) is 0 Å². The van der Waals surface area contributed by atoms with Crippen LogP contribution in [0.15, 0.2) is 12.2 Å². The zero-order valence-electron chi connectivity index (χ0n) is 7.82. The second-order valence-electron chi connectivity index (χ2n) is 4.78. The molecule has 2 bridgehead atoms. The third-order valence-corrected chi connectivity index (χ3v) is 3.81. The van der Waals surface area contributed by atoms with Crippen molar-refractivity contribution in [3.63, 3.8) is 0 Å². The number of hydrogen-bond donors (Lipinski definition) is 0. The molecule has 2 fully saturated rings. The van der Waals surface area contributed by atoms with E-state index in [0.29, 0.717) is 11.8 Å². The molecule has 2 nitrogen and oxygen atoms in total. The zero-order valence-corrected chi connectivity index (χ0v) is 7.82. The molecule has 1 heterocycles. The molecule has 0 aromatic carbocycles. The lowest BCUT2D eigenvalue weighted by Gasteiger charge is -2.29. The third-order valence-electron chi connectivity index (χ3n) is 3.81. The summed E-state index contributed by atoms with van der Waals surface area (Å²) in [5.74, 6) is 1.34. The highest BCUT2D eigenvalue weighted by Crippen LogP contribution is 2.54. The molecule has 0 amide bonds. The molecule has 1 aliphatic heterocycles. The van der Waals surface area contributed by atoms with Gasteiger partial charge >= 0.3 is 5.97 Å². The van der Waals surface area contributed by atoms with Gasteiger partial charge in [0.2, 0.25) is 0 Å². The smallest absolute Gasteiger partial charge is 0.309 e. The fourth-order valence-electron chi connectivity index (χ4n) is 3.21. The highest BCUT2D eigenvalue weighted by atomic mass is 16.6. The van der Waals surface area contributed by atoms with Gasteiger partial charge in [0.1, 0.15) is 5.60 Å². The number of carbonyl (C=O) groups is 1. The van der Waals surface area contributed by atoms with E-state index in [-0.39, 0.29) is 17.5 Å². The van der Waals surface area contributed by atoms with Crippen LogP contribution in [0.25, 0.3) is 0 Å². The van der Waals surface area contributed by atoms with Crippen molar-refractivity contribution >= 4 is 5.97 Å². The summed E-state index contributed by atoms with van der Waals surface area (Å²) in [6.07, 6.45) is 7.76. The van der Waals surface area contributed by atoms with Gasteiger partial charge in [-0.3, -0.25) is 4.79 Å². The van der Waals surface area contributed by atoms with E-state index in [1.165, 1.54) is 6.42 Å². The second kappa shape index (κ2) is 2.17. The topological polar surface area (TPSA) is 26.3 Å². The summed E-state index contributed by atoms with van der Waals surface area (Å²) >= 11 is 0. The van der Waals surface area contributed by atoms with Crippen molar-refractivity contribution in [3.8, 4) is 0 Å². The lowest BCUT2D eigenvalue weighted by atomic mass is 9.83. The molecule has 3 rings (SSSR count). The Bertz CT molecular complexity index is 294. The van der Waals surface area contributed by atoms with Crippen LogP contribution in [0.5, 0.6) is 0 Å². The van der Waals surface area contributed by atoms with Crippen molar-refractivity contribution in [2.75, 3.05) is 0 Å². The molecule has 0 aromatic heterocycles. The molecule has 4 unspecified atom stereocenters. The predicted octanol–water partition coefficient (Wildman–Crippen LogP) is 1.90. The summed E-state index contributed by atoms with van der Waals surface area (Å²) in [6.45, 7) is 1.98. The predicted molar refractivity (Wildman–Crippen MR) is 48.0 cm³/mol. The molecular formula is C11H14O2. The van der Waals surface area contributed by atoms with Crippen LogP contribution in [0.4, 0.5) is 0 Å². The van der Waals surface area contributed by atoms with E-state index in [9.17, 15) is 4.79 Å². The number of rotatable bonds is 0. The monoisotopic (exact) mass is 178 g/mol. The molecule has 4 atom stereocenters. The summed E-state index contributed by atoms with van der Waals surface area (Å²) < 4.78 is 5.57. The third kappa shape index (κ3) is 0.862. The SMILES string of the molecule is CC1CC2(CC3C=CC2C3)OC1=O. The lowest BCUT2D eigenvalue weighted by Crippen LogP contribution is -2.33. The number of fused-ring (bicyclic) bond motifs is 3. The second-order valence-corrected chi connectivity index (χ2v) is 4.78. The molecule has 3 aliphatic rings. The molecular weight excluding hydrogens is 164 g/mol. The Morgan fingerprint density at radius 1 is 1.46 bits per heavy atom. The van der Waals surface area contributed by atoms with Gasteiger partial charge in [0.25, 0.3) is 0 Å². The van der Waals surface area contributed by atoms with Crippen molar-refractivity contribution < 1.29 is 9.53 Å². The van der Waals surface area contributed by atoms with Crippen LogP contribution in [-0.4, -0.2) is 11.6 Å². The molecule has 13 heavy (non-hydrogen) atoms. The number of carbonyl (C=O) groups excluding carboxylic acids is 1. The fraction of sp³-hybridized carbons (Fsp3) is 0.727. The molecule has 2 aliphatic carbocycles. The quantitative estimate of drug-likeness (QED) is 0.418. The van der Waals surface area contributed by atoms with Gasteiger partial charge in [-0.05, 0) is 18.8 Å². The normalized spacial score (nSPS) is 52.1. The van der Waals surface area contributed by atoms with E-state index in [1.54, 1.807) is 0 Å². The maximum Gasteiger partial charge on any atom is 0.309 e. The van der Waals surface area contributed by atoms with Crippen molar-refractivity contribution in [3.05, 3.63) is 12.2 Å². The van der Waals surface area contributed by atoms with Gasteiger partial charge in [-0.1, -0.05) is 19.1 Å². The van der Waals surface area contributed by atoms with Crippen LogP contribution in [0.2, 0.25) is 0 Å². The minimum absolute atomic E-state index is 0.0148. The Kier molecular flexibility index (Phi) is 1.27. The first-order valence-corrected chi connectivity index (χ1v) is 5.11. The molecule has 0 N–H and O–H groups in total. The molecule has 2 heteroatoms. The minimum atomic E-state index is -0.0874. The largest absolute Gasteiger partial charge is 0.458 e. The maximum atomic E-state index is 11.4. The van der Waals surface area contributed by atoms with Gasteiger partial charge in [0, 0.05) is 12.3 Å². The van der Waals surface area contributed by atoms with Crippen LogP contribution < -0.4 is 0 Å². The van der Waals surface area contributed by atoms with Gasteiger partial charge < -0.3 is 4.74 Å². The minimum Gasteiger partial charge on any atom is -0.458 e. The highest BCUT2D eigenvalue weighted by Gasteiger charge is 2.56. The van der Waals surface area contributed by atoms with Gasteiger partial charge in [0.05, 0.1) is 5.92 Å². The maximum absolute atomic E-state index is 11.4. The Hall–Kier alpha value is -0.790. The molecule has 0 aromatic rings. The zero-order chi connectivity index (χ0) is 9.05. The Labute approximate surface area is 78.0 Å².